The summed E-state index contributed by atoms with van der Waals surface area (Å²) >= 11 is 0. The van der Waals surface area contributed by atoms with E-state index in [1.807, 2.05) is 0 Å². The van der Waals surface area contributed by atoms with Gasteiger partial charge in [0.05, 0.1) is 5.69 Å². The molecule has 2 nitrogen and oxygen atoms in total. The van der Waals surface area contributed by atoms with Gasteiger partial charge in [0.1, 0.15) is 5.82 Å². The molecule has 0 N–H and O–H groups in total. The minimum absolute atomic E-state index is 0.293. The van der Waals surface area contributed by atoms with Gasteiger partial charge in [0.25, 0.3) is 0 Å². The summed E-state index contributed by atoms with van der Waals surface area (Å²) in [6.07, 6.45) is -4.13. The van der Waals surface area contributed by atoms with Gasteiger partial charge in [-0.2, -0.15) is 8.78 Å². The molecule has 0 radical (unpaired) electrons. The molecule has 0 aromatic heterocycles. The molecule has 1 aromatic rings. The average molecular weight is 267 g/mol. The molecular weight excluding hydrogens is 257 g/mol. The Morgan fingerprint density at radius 3 is 2.33 bits per heavy atom. The molecule has 0 aliphatic carbocycles. The van der Waals surface area contributed by atoms with Crippen molar-refractivity contribution in [1.82, 2.24) is 0 Å². The molecule has 0 heterocycles. The van der Waals surface area contributed by atoms with Gasteiger partial charge in [-0.3, -0.25) is 4.79 Å². The van der Waals surface area contributed by atoms with Crippen molar-refractivity contribution in [3.05, 3.63) is 30.1 Å². The number of alkyl halides is 4. The Kier molecular flexibility index (Phi) is 4.26. The Balaban J connectivity index is 3.13. The van der Waals surface area contributed by atoms with Gasteiger partial charge in [-0.15, -0.1) is 0 Å². The Hall–Kier alpha value is -1.66. The third-order valence-electron chi connectivity index (χ3n) is 2.26. The maximum absolute atomic E-state index is 13.4. The van der Waals surface area contributed by atoms with Crippen LogP contribution in [0.3, 0.4) is 0 Å². The highest BCUT2D eigenvalue weighted by atomic mass is 19.3. The molecule has 1 aromatic carbocycles. The van der Waals surface area contributed by atoms with Crippen molar-refractivity contribution in [2.24, 2.45) is 0 Å². The molecule has 0 atom stereocenters. The van der Waals surface area contributed by atoms with E-state index in [2.05, 4.69) is 0 Å². The topological polar surface area (TPSA) is 20.3 Å². The van der Waals surface area contributed by atoms with Crippen LogP contribution in [-0.4, -0.2) is 24.8 Å². The monoisotopic (exact) mass is 267 g/mol. The van der Waals surface area contributed by atoms with E-state index in [0.717, 1.165) is 12.1 Å². The van der Waals surface area contributed by atoms with Gasteiger partial charge in [-0.25, -0.2) is 13.2 Å². The van der Waals surface area contributed by atoms with Crippen LogP contribution in [0, 0.1) is 5.82 Å². The Morgan fingerprint density at radius 2 is 1.89 bits per heavy atom. The van der Waals surface area contributed by atoms with Gasteiger partial charge in [-0.1, -0.05) is 12.1 Å². The lowest BCUT2D eigenvalue weighted by Gasteiger charge is -2.25. The predicted molar refractivity (Wildman–Crippen MR) is 55.4 cm³/mol. The van der Waals surface area contributed by atoms with E-state index < -0.39 is 29.8 Å². The zero-order chi connectivity index (χ0) is 13.9. The van der Waals surface area contributed by atoms with E-state index >= 15 is 0 Å². The number of halogens is 5. The number of hydrogen-bond donors (Lipinski definition) is 0. The van der Waals surface area contributed by atoms with Crippen molar-refractivity contribution in [3.63, 3.8) is 0 Å². The van der Waals surface area contributed by atoms with Crippen LogP contribution in [-0.2, 0) is 4.79 Å². The van der Waals surface area contributed by atoms with Gasteiger partial charge in [0.2, 0.25) is 0 Å². The lowest BCUT2D eigenvalue weighted by atomic mass is 10.2. The molecule has 1 rings (SSSR count). The van der Waals surface area contributed by atoms with E-state index in [4.69, 9.17) is 0 Å². The molecule has 0 bridgehead atoms. The summed E-state index contributed by atoms with van der Waals surface area (Å²) in [4.78, 5) is 11.6. The van der Waals surface area contributed by atoms with Crippen molar-refractivity contribution in [3.8, 4) is 0 Å². The highest BCUT2D eigenvalue weighted by Gasteiger charge is 2.51. The first kappa shape index (κ1) is 14.4. The molecule has 0 aliphatic rings. The van der Waals surface area contributed by atoms with Gasteiger partial charge < -0.3 is 4.90 Å². The quantitative estimate of drug-likeness (QED) is 0.768. The standard InChI is InChI=1S/C11H10F5NO/c1-2-17(8-6-4-3-5-7(8)12)10(18)11(15,16)9(13)14/h3-6,9H,2H2,1H3. The Bertz CT molecular complexity index is 435. The number of anilines is 1. The molecule has 1 amide bonds. The molecule has 0 saturated carbocycles. The normalized spacial score (nSPS) is 11.7. The summed E-state index contributed by atoms with van der Waals surface area (Å²) in [5, 5.41) is 0. The molecular formula is C11H10F5NO. The summed E-state index contributed by atoms with van der Waals surface area (Å²) in [6, 6.07) is 4.63. The predicted octanol–water partition coefficient (Wildman–Crippen LogP) is 3.08. The number of carbonyl (C=O) groups excluding carboxylic acids is 1. The number of hydrogen-bond acceptors (Lipinski definition) is 1. The maximum atomic E-state index is 13.4. The fourth-order valence-corrected chi connectivity index (χ4v) is 1.37. The highest BCUT2D eigenvalue weighted by molar-refractivity contribution is 5.98. The lowest BCUT2D eigenvalue weighted by molar-refractivity contribution is -0.166. The van der Waals surface area contributed by atoms with E-state index in [-0.39, 0.29) is 6.54 Å². The second-order valence-electron chi connectivity index (χ2n) is 3.42. The zero-order valence-electron chi connectivity index (χ0n) is 9.34. The largest absolute Gasteiger partial charge is 0.384 e. The smallest absolute Gasteiger partial charge is 0.304 e. The summed E-state index contributed by atoms with van der Waals surface area (Å²) in [7, 11) is 0. The number of nitrogens with zero attached hydrogens (tertiary/aromatic N) is 1. The minimum atomic E-state index is -4.84. The number of carbonyl (C=O) groups is 1. The Morgan fingerprint density at radius 1 is 1.33 bits per heavy atom. The highest BCUT2D eigenvalue weighted by Crippen LogP contribution is 2.29. The molecule has 0 aliphatic heterocycles. The number of amides is 1. The van der Waals surface area contributed by atoms with Crippen molar-refractivity contribution in [1.29, 1.82) is 0 Å². The van der Waals surface area contributed by atoms with Gasteiger partial charge in [-0.05, 0) is 19.1 Å². The first-order chi connectivity index (χ1) is 8.32. The fraction of sp³-hybridized carbons (Fsp3) is 0.364. The third kappa shape index (κ3) is 2.60. The van der Waals surface area contributed by atoms with Crippen LogP contribution in [0.1, 0.15) is 6.92 Å². The number of para-hydroxylation sites is 1. The minimum Gasteiger partial charge on any atom is -0.304 e. The van der Waals surface area contributed by atoms with Crippen LogP contribution in [0.4, 0.5) is 27.6 Å². The number of rotatable bonds is 4. The molecule has 0 unspecified atom stereocenters. The van der Waals surface area contributed by atoms with Crippen molar-refractivity contribution < 1.29 is 26.7 Å². The fourth-order valence-electron chi connectivity index (χ4n) is 1.37. The van der Waals surface area contributed by atoms with Crippen LogP contribution in [0.2, 0.25) is 0 Å². The second kappa shape index (κ2) is 5.32. The van der Waals surface area contributed by atoms with Gasteiger partial charge in [0.15, 0.2) is 0 Å². The summed E-state index contributed by atoms with van der Waals surface area (Å²) in [5.74, 6) is -7.89. The van der Waals surface area contributed by atoms with Crippen LogP contribution in [0.25, 0.3) is 0 Å². The second-order valence-corrected chi connectivity index (χ2v) is 3.42. The van der Waals surface area contributed by atoms with Crippen LogP contribution in [0.5, 0.6) is 0 Å². The third-order valence-corrected chi connectivity index (χ3v) is 2.26. The molecule has 0 saturated heterocycles. The first-order valence-electron chi connectivity index (χ1n) is 5.04. The van der Waals surface area contributed by atoms with E-state index in [1.54, 1.807) is 0 Å². The van der Waals surface area contributed by atoms with Crippen LogP contribution < -0.4 is 4.90 Å². The Labute approximate surface area is 100 Å². The van der Waals surface area contributed by atoms with Crippen molar-refractivity contribution in [2.75, 3.05) is 11.4 Å². The van der Waals surface area contributed by atoms with Crippen LogP contribution >= 0.6 is 0 Å². The molecule has 0 spiro atoms. The van der Waals surface area contributed by atoms with E-state index in [1.165, 1.54) is 19.1 Å². The number of benzene rings is 1. The first-order valence-corrected chi connectivity index (χ1v) is 5.04. The summed E-state index contributed by atoms with van der Waals surface area (Å²) < 4.78 is 63.4. The average Bonchev–Trinajstić information content (AvgIpc) is 2.32. The molecule has 0 fully saturated rings. The van der Waals surface area contributed by atoms with Gasteiger partial charge in [0, 0.05) is 6.54 Å². The lowest BCUT2D eigenvalue weighted by Crippen LogP contribution is -2.48. The molecule has 7 heteroatoms. The van der Waals surface area contributed by atoms with E-state index in [0.29, 0.717) is 4.90 Å². The molecule has 100 valence electrons. The van der Waals surface area contributed by atoms with Crippen LogP contribution in [0.15, 0.2) is 24.3 Å². The maximum Gasteiger partial charge on any atom is 0.384 e. The van der Waals surface area contributed by atoms with E-state index in [9.17, 15) is 26.7 Å². The molecule has 18 heavy (non-hydrogen) atoms. The SMILES string of the molecule is CCN(C(=O)C(F)(F)C(F)F)c1ccccc1F. The van der Waals surface area contributed by atoms with Crippen molar-refractivity contribution in [2.45, 2.75) is 19.3 Å². The summed E-state index contributed by atoms with van der Waals surface area (Å²) in [6.45, 7) is 0.938. The zero-order valence-corrected chi connectivity index (χ0v) is 9.34. The van der Waals surface area contributed by atoms with Crippen molar-refractivity contribution >= 4 is 11.6 Å². The van der Waals surface area contributed by atoms with Gasteiger partial charge >= 0.3 is 18.3 Å². The summed E-state index contributed by atoms with van der Waals surface area (Å²) in [5.41, 5.74) is -0.453.